The molecule has 1 aliphatic carbocycles. The SMILES string of the molecule is Clc1ccc([C@@H]2C[C@H]3CNC[C@H]32)cc1. The first kappa shape index (κ1) is 8.75. The number of benzene rings is 1. The maximum absolute atomic E-state index is 5.88. The van der Waals surface area contributed by atoms with Crippen molar-refractivity contribution >= 4 is 11.6 Å². The van der Waals surface area contributed by atoms with E-state index >= 15 is 0 Å². The first-order valence-corrected chi connectivity index (χ1v) is 5.68. The van der Waals surface area contributed by atoms with Crippen molar-refractivity contribution in [3.05, 3.63) is 34.9 Å². The number of nitrogens with one attached hydrogen (secondary N) is 1. The van der Waals surface area contributed by atoms with Crippen LogP contribution in [0.5, 0.6) is 0 Å². The van der Waals surface area contributed by atoms with E-state index in [1.54, 1.807) is 0 Å². The summed E-state index contributed by atoms with van der Waals surface area (Å²) in [6, 6.07) is 8.38. The van der Waals surface area contributed by atoms with Crippen LogP contribution in [0.15, 0.2) is 24.3 Å². The third-order valence-corrected chi connectivity index (χ3v) is 4.02. The third kappa shape index (κ3) is 1.27. The van der Waals surface area contributed by atoms with Crippen LogP contribution in [-0.2, 0) is 0 Å². The monoisotopic (exact) mass is 207 g/mol. The Balaban J connectivity index is 1.80. The molecule has 1 aromatic carbocycles. The molecule has 0 aromatic heterocycles. The lowest BCUT2D eigenvalue weighted by atomic mass is 9.64. The molecule has 14 heavy (non-hydrogen) atoms. The molecule has 2 fully saturated rings. The maximum Gasteiger partial charge on any atom is 0.0406 e. The Bertz CT molecular complexity index is 333. The average Bonchev–Trinajstić information content (AvgIpc) is 2.52. The van der Waals surface area contributed by atoms with Gasteiger partial charge in [-0.1, -0.05) is 23.7 Å². The first-order chi connectivity index (χ1) is 6.84. The summed E-state index contributed by atoms with van der Waals surface area (Å²) < 4.78 is 0. The second kappa shape index (κ2) is 3.25. The van der Waals surface area contributed by atoms with Gasteiger partial charge < -0.3 is 5.32 Å². The smallest absolute Gasteiger partial charge is 0.0406 e. The normalized spacial score (nSPS) is 35.1. The molecule has 1 heterocycles. The van der Waals surface area contributed by atoms with Crippen LogP contribution in [0, 0.1) is 11.8 Å². The average molecular weight is 208 g/mol. The number of fused-ring (bicyclic) bond motifs is 1. The largest absolute Gasteiger partial charge is 0.316 e. The van der Waals surface area contributed by atoms with E-state index in [0.29, 0.717) is 0 Å². The molecule has 1 aromatic rings. The zero-order valence-electron chi connectivity index (χ0n) is 8.04. The maximum atomic E-state index is 5.88. The van der Waals surface area contributed by atoms with Crippen molar-refractivity contribution in [2.75, 3.05) is 13.1 Å². The second-order valence-electron chi connectivity index (χ2n) is 4.48. The van der Waals surface area contributed by atoms with Gasteiger partial charge in [0.1, 0.15) is 0 Å². The van der Waals surface area contributed by atoms with E-state index < -0.39 is 0 Å². The van der Waals surface area contributed by atoms with Gasteiger partial charge >= 0.3 is 0 Å². The van der Waals surface area contributed by atoms with Gasteiger partial charge in [0.05, 0.1) is 0 Å². The van der Waals surface area contributed by atoms with E-state index in [9.17, 15) is 0 Å². The van der Waals surface area contributed by atoms with Gasteiger partial charge in [0.2, 0.25) is 0 Å². The van der Waals surface area contributed by atoms with E-state index in [-0.39, 0.29) is 0 Å². The van der Waals surface area contributed by atoms with Crippen LogP contribution in [0.25, 0.3) is 0 Å². The molecule has 0 amide bonds. The molecular formula is C12H14ClN. The zero-order chi connectivity index (χ0) is 9.54. The summed E-state index contributed by atoms with van der Waals surface area (Å²) >= 11 is 5.88. The van der Waals surface area contributed by atoms with Crippen LogP contribution in [0.4, 0.5) is 0 Å². The molecule has 3 atom stereocenters. The van der Waals surface area contributed by atoms with E-state index in [0.717, 1.165) is 22.8 Å². The molecule has 1 aliphatic heterocycles. The van der Waals surface area contributed by atoms with E-state index in [1.165, 1.54) is 25.1 Å². The minimum atomic E-state index is 0.785. The summed E-state index contributed by atoms with van der Waals surface area (Å²) in [6.45, 7) is 2.44. The van der Waals surface area contributed by atoms with E-state index in [4.69, 9.17) is 11.6 Å². The lowest BCUT2D eigenvalue weighted by Gasteiger charge is -2.40. The van der Waals surface area contributed by atoms with Crippen molar-refractivity contribution in [2.45, 2.75) is 12.3 Å². The van der Waals surface area contributed by atoms with Gasteiger partial charge in [0.15, 0.2) is 0 Å². The van der Waals surface area contributed by atoms with Crippen molar-refractivity contribution in [3.8, 4) is 0 Å². The van der Waals surface area contributed by atoms with Crippen molar-refractivity contribution in [1.29, 1.82) is 0 Å². The van der Waals surface area contributed by atoms with E-state index in [1.807, 2.05) is 12.1 Å². The minimum Gasteiger partial charge on any atom is -0.316 e. The van der Waals surface area contributed by atoms with Gasteiger partial charge in [-0.3, -0.25) is 0 Å². The van der Waals surface area contributed by atoms with Gasteiger partial charge in [0, 0.05) is 5.02 Å². The molecule has 3 rings (SSSR count). The van der Waals surface area contributed by atoms with E-state index in [2.05, 4.69) is 17.4 Å². The molecule has 1 nitrogen and oxygen atoms in total. The molecule has 2 heteroatoms. The number of hydrogen-bond donors (Lipinski definition) is 1. The summed E-state index contributed by atoms with van der Waals surface area (Å²) in [5.41, 5.74) is 1.47. The standard InChI is InChI=1S/C12H14ClN/c13-10-3-1-8(2-4-10)11-5-9-6-14-7-12(9)11/h1-4,9,11-12,14H,5-7H2/t9-,11-,12+/m0/s1. The Labute approximate surface area is 89.5 Å². The fourth-order valence-electron chi connectivity index (χ4n) is 2.88. The molecule has 0 radical (unpaired) electrons. The predicted molar refractivity (Wildman–Crippen MR) is 58.7 cm³/mol. The quantitative estimate of drug-likeness (QED) is 0.747. The summed E-state index contributed by atoms with van der Waals surface area (Å²) in [6.07, 6.45) is 1.36. The van der Waals surface area contributed by atoms with Gasteiger partial charge in [0.25, 0.3) is 0 Å². The molecule has 0 bridgehead atoms. The fraction of sp³-hybridized carbons (Fsp3) is 0.500. The Morgan fingerprint density at radius 2 is 1.93 bits per heavy atom. The molecule has 0 spiro atoms. The fourth-order valence-corrected chi connectivity index (χ4v) is 3.01. The Morgan fingerprint density at radius 1 is 1.14 bits per heavy atom. The Kier molecular flexibility index (Phi) is 2.03. The zero-order valence-corrected chi connectivity index (χ0v) is 8.80. The summed E-state index contributed by atoms with van der Waals surface area (Å²) in [7, 11) is 0. The summed E-state index contributed by atoms with van der Waals surface area (Å²) in [5.74, 6) is 2.61. The van der Waals surface area contributed by atoms with Crippen LogP contribution < -0.4 is 5.32 Å². The Morgan fingerprint density at radius 3 is 2.64 bits per heavy atom. The van der Waals surface area contributed by atoms with Crippen LogP contribution >= 0.6 is 11.6 Å². The molecule has 1 saturated carbocycles. The van der Waals surface area contributed by atoms with Crippen molar-refractivity contribution in [2.24, 2.45) is 11.8 Å². The molecule has 1 N–H and O–H groups in total. The minimum absolute atomic E-state index is 0.785. The van der Waals surface area contributed by atoms with Gasteiger partial charge in [-0.15, -0.1) is 0 Å². The highest BCUT2D eigenvalue weighted by Crippen LogP contribution is 2.48. The van der Waals surface area contributed by atoms with Gasteiger partial charge in [-0.25, -0.2) is 0 Å². The van der Waals surface area contributed by atoms with Crippen LogP contribution in [0.1, 0.15) is 17.9 Å². The number of halogens is 1. The number of rotatable bonds is 1. The van der Waals surface area contributed by atoms with Crippen LogP contribution in [0.3, 0.4) is 0 Å². The van der Waals surface area contributed by atoms with Crippen LogP contribution in [-0.4, -0.2) is 13.1 Å². The summed E-state index contributed by atoms with van der Waals surface area (Å²) in [4.78, 5) is 0. The second-order valence-corrected chi connectivity index (χ2v) is 4.91. The number of hydrogen-bond acceptors (Lipinski definition) is 1. The molecule has 2 aliphatic rings. The molecular weight excluding hydrogens is 194 g/mol. The highest BCUT2D eigenvalue weighted by Gasteiger charge is 2.44. The van der Waals surface area contributed by atoms with Gasteiger partial charge in [-0.05, 0) is 55.0 Å². The highest BCUT2D eigenvalue weighted by molar-refractivity contribution is 6.30. The van der Waals surface area contributed by atoms with Gasteiger partial charge in [-0.2, -0.15) is 0 Å². The molecule has 0 unspecified atom stereocenters. The molecule has 74 valence electrons. The summed E-state index contributed by atoms with van der Waals surface area (Å²) in [5, 5.41) is 4.31. The topological polar surface area (TPSA) is 12.0 Å². The molecule has 1 saturated heterocycles. The lowest BCUT2D eigenvalue weighted by molar-refractivity contribution is 0.191. The van der Waals surface area contributed by atoms with Crippen molar-refractivity contribution < 1.29 is 0 Å². The third-order valence-electron chi connectivity index (χ3n) is 3.76. The van der Waals surface area contributed by atoms with Crippen molar-refractivity contribution in [3.63, 3.8) is 0 Å². The Hall–Kier alpha value is -0.530. The highest BCUT2D eigenvalue weighted by atomic mass is 35.5. The van der Waals surface area contributed by atoms with Crippen LogP contribution in [0.2, 0.25) is 5.02 Å². The predicted octanol–water partition coefficient (Wildman–Crippen LogP) is 2.66. The first-order valence-electron chi connectivity index (χ1n) is 5.31. The lowest BCUT2D eigenvalue weighted by Crippen LogP contribution is -2.33. The van der Waals surface area contributed by atoms with Crippen molar-refractivity contribution in [1.82, 2.24) is 5.32 Å².